The highest BCUT2D eigenvalue weighted by Gasteiger charge is 2.33. The Labute approximate surface area is 218 Å². The predicted octanol–water partition coefficient (Wildman–Crippen LogP) is 3.61. The van der Waals surface area contributed by atoms with E-state index >= 15 is 0 Å². The lowest BCUT2D eigenvalue weighted by Crippen LogP contribution is -2.45. The largest absolute Gasteiger partial charge is 0.489 e. The van der Waals surface area contributed by atoms with E-state index in [0.717, 1.165) is 18.4 Å². The summed E-state index contributed by atoms with van der Waals surface area (Å²) in [6, 6.07) is 16.9. The number of carbonyl (C=O) groups excluding carboxylic acids is 2. The van der Waals surface area contributed by atoms with E-state index in [0.29, 0.717) is 25.1 Å². The van der Waals surface area contributed by atoms with Crippen molar-refractivity contribution >= 4 is 11.8 Å². The predicted molar refractivity (Wildman–Crippen MR) is 138 cm³/mol. The molecule has 0 unspecified atom stereocenters. The van der Waals surface area contributed by atoms with E-state index in [1.807, 2.05) is 37.4 Å². The van der Waals surface area contributed by atoms with Gasteiger partial charge in [0.25, 0.3) is 5.91 Å². The maximum absolute atomic E-state index is 13.6. The fourth-order valence-electron chi connectivity index (χ4n) is 5.14. The number of nitriles is 1. The van der Waals surface area contributed by atoms with Gasteiger partial charge in [-0.15, -0.1) is 0 Å². The molecule has 2 aromatic carbocycles. The van der Waals surface area contributed by atoms with Crippen molar-refractivity contribution in [1.29, 1.82) is 5.26 Å². The molecule has 4 atom stereocenters. The van der Waals surface area contributed by atoms with Crippen LogP contribution in [0.4, 0.5) is 0 Å². The van der Waals surface area contributed by atoms with E-state index in [4.69, 9.17) is 14.2 Å². The molecule has 0 aliphatic carbocycles. The molecule has 8 nitrogen and oxygen atoms in total. The lowest BCUT2D eigenvalue weighted by Gasteiger charge is -2.36. The zero-order valence-electron chi connectivity index (χ0n) is 21.8. The number of likely N-dealkylation sites (N-methyl/N-ethyl adjacent to an activating group) is 1. The van der Waals surface area contributed by atoms with E-state index in [1.54, 1.807) is 42.2 Å². The summed E-state index contributed by atoms with van der Waals surface area (Å²) in [6.45, 7) is 1.07. The quantitative estimate of drug-likeness (QED) is 0.619. The van der Waals surface area contributed by atoms with Crippen molar-refractivity contribution in [3.05, 3.63) is 65.2 Å². The molecule has 8 heteroatoms. The molecule has 0 aromatic heterocycles. The van der Waals surface area contributed by atoms with Gasteiger partial charge in [0, 0.05) is 46.6 Å². The third kappa shape index (κ3) is 6.30. The van der Waals surface area contributed by atoms with Gasteiger partial charge < -0.3 is 24.0 Å². The Morgan fingerprint density at radius 1 is 1.00 bits per heavy atom. The van der Waals surface area contributed by atoms with Crippen molar-refractivity contribution in [2.24, 2.45) is 0 Å². The normalized spacial score (nSPS) is 25.7. The molecule has 2 aliphatic heterocycles. The summed E-state index contributed by atoms with van der Waals surface area (Å²) < 4.78 is 18.1. The average molecular weight is 506 g/mol. The second kappa shape index (κ2) is 12.2. The van der Waals surface area contributed by atoms with Crippen LogP contribution in [0.2, 0.25) is 0 Å². The van der Waals surface area contributed by atoms with Crippen LogP contribution in [0.5, 0.6) is 5.75 Å². The highest BCUT2D eigenvalue weighted by atomic mass is 16.6. The van der Waals surface area contributed by atoms with Crippen LogP contribution < -0.4 is 4.74 Å². The van der Waals surface area contributed by atoms with Gasteiger partial charge in [-0.3, -0.25) is 9.59 Å². The van der Waals surface area contributed by atoms with Crippen molar-refractivity contribution in [2.45, 2.75) is 49.9 Å². The van der Waals surface area contributed by atoms with Crippen LogP contribution in [-0.2, 0) is 14.3 Å². The molecule has 1 saturated heterocycles. The minimum Gasteiger partial charge on any atom is -0.489 e. The summed E-state index contributed by atoms with van der Waals surface area (Å²) in [6.07, 6.45) is 2.07. The highest BCUT2D eigenvalue weighted by Crippen LogP contribution is 2.30. The second-order valence-electron chi connectivity index (χ2n) is 9.85. The van der Waals surface area contributed by atoms with E-state index in [-0.39, 0.29) is 60.4 Å². The first-order chi connectivity index (χ1) is 17.9. The minimum absolute atomic E-state index is 0.0272. The highest BCUT2D eigenvalue weighted by molar-refractivity contribution is 5.97. The van der Waals surface area contributed by atoms with Gasteiger partial charge in [-0.2, -0.15) is 5.26 Å². The first kappa shape index (κ1) is 26.6. The van der Waals surface area contributed by atoms with Gasteiger partial charge in [-0.05, 0) is 37.0 Å². The topological polar surface area (TPSA) is 92.1 Å². The van der Waals surface area contributed by atoms with Gasteiger partial charge >= 0.3 is 0 Å². The lowest BCUT2D eigenvalue weighted by molar-refractivity contribution is -0.145. The van der Waals surface area contributed by atoms with E-state index in [9.17, 15) is 14.9 Å². The molecule has 2 amide bonds. The summed E-state index contributed by atoms with van der Waals surface area (Å²) in [5.41, 5.74) is 1.60. The summed E-state index contributed by atoms with van der Waals surface area (Å²) in [7, 11) is 5.19. The summed E-state index contributed by atoms with van der Waals surface area (Å²) in [5.74, 6) is -0.174. The molecule has 4 rings (SSSR count). The van der Waals surface area contributed by atoms with Crippen LogP contribution in [0.3, 0.4) is 0 Å². The Balaban J connectivity index is 1.70. The number of methoxy groups -OCH3 is 1. The van der Waals surface area contributed by atoms with Crippen LogP contribution in [0.25, 0.3) is 0 Å². The molecule has 0 radical (unpaired) electrons. The molecule has 2 bridgehead atoms. The first-order valence-electron chi connectivity index (χ1n) is 12.8. The molecule has 37 heavy (non-hydrogen) atoms. The maximum Gasteiger partial charge on any atom is 0.257 e. The monoisotopic (exact) mass is 505 g/mol. The second-order valence-corrected chi connectivity index (χ2v) is 9.85. The van der Waals surface area contributed by atoms with Gasteiger partial charge in [0.15, 0.2) is 0 Å². The van der Waals surface area contributed by atoms with Gasteiger partial charge in [0.05, 0.1) is 23.3 Å². The third-order valence-electron chi connectivity index (χ3n) is 7.36. The number of hydrogen-bond acceptors (Lipinski definition) is 6. The van der Waals surface area contributed by atoms with Gasteiger partial charge in [0.1, 0.15) is 24.5 Å². The number of nitrogens with zero attached hydrogens (tertiary/aromatic N) is 3. The lowest BCUT2D eigenvalue weighted by atomic mass is 9.94. The third-order valence-corrected chi connectivity index (χ3v) is 7.36. The standard InChI is InChI=1S/C29H35N3O5/c1-31-15-14-23-12-13-25(35-3)26(37-23)19-36-28-21(17-30)10-7-11-24(28)29(34)32(2)18-22(16-27(31)33)20-8-5-4-6-9-20/h4-11,22-23,25-26H,12-16,18-19H2,1-3H3/t22-,23-,25-,26+/m0/s1. The van der Waals surface area contributed by atoms with Gasteiger partial charge in [-0.25, -0.2) is 0 Å². The number of para-hydroxylation sites is 1. The van der Waals surface area contributed by atoms with Crippen LogP contribution in [0.1, 0.15) is 53.1 Å². The Bertz CT molecular complexity index is 1130. The molecule has 1 fully saturated rings. The Morgan fingerprint density at radius 3 is 2.51 bits per heavy atom. The average Bonchev–Trinajstić information content (AvgIpc) is 2.93. The van der Waals surface area contributed by atoms with Crippen molar-refractivity contribution in [1.82, 2.24) is 9.80 Å². The molecule has 0 saturated carbocycles. The molecule has 2 heterocycles. The molecule has 196 valence electrons. The molecule has 0 N–H and O–H groups in total. The van der Waals surface area contributed by atoms with E-state index < -0.39 is 0 Å². The fourth-order valence-corrected chi connectivity index (χ4v) is 5.14. The number of carbonyl (C=O) groups is 2. The van der Waals surface area contributed by atoms with Crippen molar-refractivity contribution < 1.29 is 23.8 Å². The SMILES string of the molecule is CO[C@H]1CC[C@H]2CCN(C)C(=O)C[C@H](c3ccccc3)CN(C)C(=O)c3cccc(C#N)c3OC[C@H]1O2. The number of benzene rings is 2. The maximum atomic E-state index is 13.6. The summed E-state index contributed by atoms with van der Waals surface area (Å²) in [5, 5.41) is 9.75. The van der Waals surface area contributed by atoms with Crippen LogP contribution in [-0.4, -0.2) is 80.8 Å². The van der Waals surface area contributed by atoms with Crippen molar-refractivity contribution in [2.75, 3.05) is 40.9 Å². The minimum atomic E-state index is -0.354. The Kier molecular flexibility index (Phi) is 8.80. The Morgan fingerprint density at radius 2 is 1.78 bits per heavy atom. The van der Waals surface area contributed by atoms with Crippen molar-refractivity contribution in [3.63, 3.8) is 0 Å². The number of hydrogen-bond donors (Lipinski definition) is 0. The Hall–Kier alpha value is -3.41. The van der Waals surface area contributed by atoms with Gasteiger partial charge in [0.2, 0.25) is 5.91 Å². The summed E-state index contributed by atoms with van der Waals surface area (Å²) in [4.78, 5) is 30.2. The van der Waals surface area contributed by atoms with E-state index in [2.05, 4.69) is 6.07 Å². The van der Waals surface area contributed by atoms with Crippen molar-refractivity contribution in [3.8, 4) is 11.8 Å². The molecule has 0 spiro atoms. The van der Waals surface area contributed by atoms with Crippen LogP contribution in [0.15, 0.2) is 48.5 Å². The first-order valence-corrected chi connectivity index (χ1v) is 12.8. The number of rotatable bonds is 2. The summed E-state index contributed by atoms with van der Waals surface area (Å²) >= 11 is 0. The molecule has 2 aromatic rings. The zero-order valence-corrected chi connectivity index (χ0v) is 21.8. The van der Waals surface area contributed by atoms with Crippen LogP contribution >= 0.6 is 0 Å². The number of ether oxygens (including phenoxy) is 3. The van der Waals surface area contributed by atoms with E-state index in [1.165, 1.54) is 0 Å². The van der Waals surface area contributed by atoms with Crippen LogP contribution in [0, 0.1) is 11.3 Å². The fraction of sp³-hybridized carbons (Fsp3) is 0.483. The molecular weight excluding hydrogens is 470 g/mol. The zero-order chi connectivity index (χ0) is 26.4. The molecular formula is C29H35N3O5. The van der Waals surface area contributed by atoms with Gasteiger partial charge in [-0.1, -0.05) is 36.4 Å². The molecule has 2 aliphatic rings. The number of amides is 2. The smallest absolute Gasteiger partial charge is 0.257 e. The number of fused-ring (bicyclic) bond motifs is 3.